The summed E-state index contributed by atoms with van der Waals surface area (Å²) in [7, 11) is 0. The zero-order valence-electron chi connectivity index (χ0n) is 12.2. The van der Waals surface area contributed by atoms with Gasteiger partial charge in [0.15, 0.2) is 5.82 Å². The number of anilines is 1. The Bertz CT molecular complexity index is 753. The first-order valence-corrected chi connectivity index (χ1v) is 7.10. The minimum Gasteiger partial charge on any atom is -0.385 e. The summed E-state index contributed by atoms with van der Waals surface area (Å²) in [4.78, 5) is 4.32. The van der Waals surface area contributed by atoms with Gasteiger partial charge in [-0.3, -0.25) is 0 Å². The monoisotopic (exact) mass is 297 g/mol. The second-order valence-electron chi connectivity index (χ2n) is 5.07. The summed E-state index contributed by atoms with van der Waals surface area (Å²) in [6.45, 7) is 2.77. The lowest BCUT2D eigenvalue weighted by Gasteiger charge is -2.04. The van der Waals surface area contributed by atoms with Gasteiger partial charge in [0.1, 0.15) is 5.82 Å². The molecule has 0 unspecified atom stereocenters. The minimum atomic E-state index is -0.286. The topological polar surface area (TPSA) is 51.0 Å². The van der Waals surface area contributed by atoms with Crippen LogP contribution in [-0.4, -0.2) is 16.7 Å². The van der Waals surface area contributed by atoms with Gasteiger partial charge in [-0.1, -0.05) is 17.3 Å². The molecular formula is C17H16FN3O. The first-order chi connectivity index (χ1) is 10.7. The number of aromatic nitrogens is 2. The molecule has 1 heterocycles. The van der Waals surface area contributed by atoms with E-state index >= 15 is 0 Å². The third kappa shape index (κ3) is 3.49. The number of benzene rings is 2. The third-order valence-corrected chi connectivity index (χ3v) is 3.26. The second kappa shape index (κ2) is 6.39. The van der Waals surface area contributed by atoms with Crippen molar-refractivity contribution < 1.29 is 8.91 Å². The lowest BCUT2D eigenvalue weighted by atomic mass is 10.2. The Labute approximate surface area is 128 Å². The fourth-order valence-corrected chi connectivity index (χ4v) is 2.14. The first-order valence-electron chi connectivity index (χ1n) is 7.10. The van der Waals surface area contributed by atoms with E-state index in [1.165, 1.54) is 17.7 Å². The first kappa shape index (κ1) is 14.3. The van der Waals surface area contributed by atoms with Gasteiger partial charge < -0.3 is 9.84 Å². The van der Waals surface area contributed by atoms with Crippen LogP contribution in [0.5, 0.6) is 0 Å². The maximum atomic E-state index is 12.9. The Morgan fingerprint density at radius 2 is 1.95 bits per heavy atom. The molecule has 0 saturated heterocycles. The van der Waals surface area contributed by atoms with Crippen LogP contribution < -0.4 is 5.32 Å². The van der Waals surface area contributed by atoms with E-state index in [9.17, 15) is 4.39 Å². The molecule has 3 rings (SSSR count). The van der Waals surface area contributed by atoms with Crippen molar-refractivity contribution in [2.75, 3.05) is 11.9 Å². The van der Waals surface area contributed by atoms with Gasteiger partial charge in [-0.05, 0) is 48.9 Å². The number of nitrogens with one attached hydrogen (secondary N) is 1. The molecule has 0 radical (unpaired) electrons. The summed E-state index contributed by atoms with van der Waals surface area (Å²) >= 11 is 0. The molecule has 0 fully saturated rings. The molecule has 1 aromatic heterocycles. The standard InChI is InChI=1S/C17H16FN3O/c1-12-3-2-4-15(11-12)19-10-9-16-20-17(22-21-16)13-5-7-14(18)8-6-13/h2-8,11,19H,9-10H2,1H3. The van der Waals surface area contributed by atoms with Crippen LogP contribution in [0, 0.1) is 12.7 Å². The van der Waals surface area contributed by atoms with Crippen molar-refractivity contribution >= 4 is 5.69 Å². The predicted octanol–water partition coefficient (Wildman–Crippen LogP) is 3.84. The van der Waals surface area contributed by atoms with E-state index in [1.54, 1.807) is 12.1 Å². The Hall–Kier alpha value is -2.69. The average molecular weight is 297 g/mol. The van der Waals surface area contributed by atoms with Crippen molar-refractivity contribution in [2.45, 2.75) is 13.3 Å². The Morgan fingerprint density at radius 1 is 1.14 bits per heavy atom. The summed E-state index contributed by atoms with van der Waals surface area (Å²) < 4.78 is 18.1. The molecule has 1 N–H and O–H groups in total. The van der Waals surface area contributed by atoms with Gasteiger partial charge in [0.25, 0.3) is 5.89 Å². The molecular weight excluding hydrogens is 281 g/mol. The molecule has 0 saturated carbocycles. The molecule has 0 spiro atoms. The fraction of sp³-hybridized carbons (Fsp3) is 0.176. The molecule has 0 aliphatic heterocycles. The summed E-state index contributed by atoms with van der Waals surface area (Å²) in [6, 6.07) is 14.2. The van der Waals surface area contributed by atoms with E-state index in [0.717, 1.165) is 5.69 Å². The molecule has 0 amide bonds. The summed E-state index contributed by atoms with van der Waals surface area (Å²) in [5.41, 5.74) is 3.00. The second-order valence-corrected chi connectivity index (χ2v) is 5.07. The number of rotatable bonds is 5. The molecule has 0 bridgehead atoms. The highest BCUT2D eigenvalue weighted by Gasteiger charge is 2.08. The average Bonchev–Trinajstić information content (AvgIpc) is 2.97. The van der Waals surface area contributed by atoms with Crippen LogP contribution in [0.4, 0.5) is 10.1 Å². The van der Waals surface area contributed by atoms with Crippen molar-refractivity contribution in [2.24, 2.45) is 0 Å². The van der Waals surface area contributed by atoms with Gasteiger partial charge in [0.2, 0.25) is 0 Å². The van der Waals surface area contributed by atoms with E-state index < -0.39 is 0 Å². The van der Waals surface area contributed by atoms with E-state index in [2.05, 4.69) is 34.5 Å². The van der Waals surface area contributed by atoms with Crippen LogP contribution in [-0.2, 0) is 6.42 Å². The maximum Gasteiger partial charge on any atom is 0.257 e. The van der Waals surface area contributed by atoms with Crippen LogP contribution >= 0.6 is 0 Å². The zero-order chi connectivity index (χ0) is 15.4. The van der Waals surface area contributed by atoms with E-state index in [4.69, 9.17) is 4.52 Å². The predicted molar refractivity (Wildman–Crippen MR) is 83.1 cm³/mol. The number of nitrogens with zero attached hydrogens (tertiary/aromatic N) is 2. The number of aryl methyl sites for hydroxylation is 1. The smallest absolute Gasteiger partial charge is 0.257 e. The van der Waals surface area contributed by atoms with Crippen molar-refractivity contribution in [3.63, 3.8) is 0 Å². The molecule has 3 aromatic rings. The molecule has 2 aromatic carbocycles. The normalized spacial score (nSPS) is 10.6. The van der Waals surface area contributed by atoms with E-state index in [1.807, 2.05) is 12.1 Å². The van der Waals surface area contributed by atoms with Crippen LogP contribution in [0.25, 0.3) is 11.5 Å². The lowest BCUT2D eigenvalue weighted by Crippen LogP contribution is -2.05. The highest BCUT2D eigenvalue weighted by Crippen LogP contribution is 2.17. The Morgan fingerprint density at radius 3 is 2.73 bits per heavy atom. The lowest BCUT2D eigenvalue weighted by molar-refractivity contribution is 0.423. The zero-order valence-corrected chi connectivity index (χ0v) is 12.2. The van der Waals surface area contributed by atoms with E-state index in [-0.39, 0.29) is 5.82 Å². The van der Waals surface area contributed by atoms with Gasteiger partial charge in [-0.15, -0.1) is 0 Å². The van der Waals surface area contributed by atoms with Crippen molar-refractivity contribution in [3.8, 4) is 11.5 Å². The quantitative estimate of drug-likeness (QED) is 0.777. The largest absolute Gasteiger partial charge is 0.385 e. The van der Waals surface area contributed by atoms with Gasteiger partial charge in [-0.25, -0.2) is 4.39 Å². The third-order valence-electron chi connectivity index (χ3n) is 3.26. The highest BCUT2D eigenvalue weighted by atomic mass is 19.1. The molecule has 0 aliphatic carbocycles. The van der Waals surface area contributed by atoms with Gasteiger partial charge in [0, 0.05) is 24.2 Å². The van der Waals surface area contributed by atoms with Gasteiger partial charge in [0.05, 0.1) is 0 Å². The van der Waals surface area contributed by atoms with Crippen LogP contribution in [0.1, 0.15) is 11.4 Å². The number of hydrogen-bond acceptors (Lipinski definition) is 4. The maximum absolute atomic E-state index is 12.9. The molecule has 0 atom stereocenters. The SMILES string of the molecule is Cc1cccc(NCCc2noc(-c3ccc(F)cc3)n2)c1. The summed E-state index contributed by atoms with van der Waals surface area (Å²) in [5.74, 6) is 0.746. The summed E-state index contributed by atoms with van der Waals surface area (Å²) in [5, 5.41) is 7.26. The van der Waals surface area contributed by atoms with Crippen LogP contribution in [0.3, 0.4) is 0 Å². The van der Waals surface area contributed by atoms with E-state index in [0.29, 0.717) is 30.2 Å². The molecule has 4 nitrogen and oxygen atoms in total. The van der Waals surface area contributed by atoms with Crippen LogP contribution in [0.2, 0.25) is 0 Å². The van der Waals surface area contributed by atoms with Crippen LogP contribution in [0.15, 0.2) is 53.1 Å². The van der Waals surface area contributed by atoms with Crippen molar-refractivity contribution in [1.82, 2.24) is 10.1 Å². The minimum absolute atomic E-state index is 0.286. The molecule has 0 aliphatic rings. The summed E-state index contributed by atoms with van der Waals surface area (Å²) in [6.07, 6.45) is 0.651. The molecule has 22 heavy (non-hydrogen) atoms. The fourth-order valence-electron chi connectivity index (χ4n) is 2.14. The highest BCUT2D eigenvalue weighted by molar-refractivity contribution is 5.52. The Balaban J connectivity index is 1.59. The molecule has 5 heteroatoms. The number of halogens is 1. The van der Waals surface area contributed by atoms with Crippen molar-refractivity contribution in [3.05, 3.63) is 65.7 Å². The Kier molecular flexibility index (Phi) is 4.14. The molecule has 112 valence electrons. The van der Waals surface area contributed by atoms with Gasteiger partial charge in [-0.2, -0.15) is 4.98 Å². The van der Waals surface area contributed by atoms with Gasteiger partial charge >= 0.3 is 0 Å². The van der Waals surface area contributed by atoms with Crippen molar-refractivity contribution in [1.29, 1.82) is 0 Å². The number of hydrogen-bond donors (Lipinski definition) is 1.